The minimum atomic E-state index is -0.193. The molecule has 1 N–H and O–H groups in total. The van der Waals surface area contributed by atoms with Gasteiger partial charge in [-0.1, -0.05) is 48.5 Å². The molecule has 1 amide bonds. The summed E-state index contributed by atoms with van der Waals surface area (Å²) in [6, 6.07) is 19.8. The Labute approximate surface area is 153 Å². The van der Waals surface area contributed by atoms with E-state index in [2.05, 4.69) is 10.3 Å². The molecule has 122 valence electrons. The Hall–Kier alpha value is -2.76. The fourth-order valence-corrected chi connectivity index (χ4v) is 4.06. The molecule has 4 aromatic rings. The molecule has 0 saturated carbocycles. The van der Waals surface area contributed by atoms with Crippen LogP contribution in [0.4, 0.5) is 5.69 Å². The fraction of sp³-hybridized carbons (Fsp3) is 0. The van der Waals surface area contributed by atoms with Crippen LogP contribution in [-0.4, -0.2) is 10.9 Å². The van der Waals surface area contributed by atoms with Gasteiger partial charge in [0.15, 0.2) is 0 Å². The highest BCUT2D eigenvalue weighted by Crippen LogP contribution is 2.29. The average molecular weight is 362 g/mol. The van der Waals surface area contributed by atoms with E-state index in [4.69, 9.17) is 0 Å². The SMILES string of the molecule is O=C(Nc1ccccc1-c1ccccc1)c1csc(-c2ccsc2)n1. The molecule has 0 aliphatic heterocycles. The summed E-state index contributed by atoms with van der Waals surface area (Å²) in [6.07, 6.45) is 0. The lowest BCUT2D eigenvalue weighted by Crippen LogP contribution is -2.13. The molecule has 0 fully saturated rings. The third kappa shape index (κ3) is 3.38. The van der Waals surface area contributed by atoms with Crippen LogP contribution in [-0.2, 0) is 0 Å². The van der Waals surface area contributed by atoms with Crippen LogP contribution in [0.2, 0.25) is 0 Å². The van der Waals surface area contributed by atoms with Crippen molar-refractivity contribution in [2.45, 2.75) is 0 Å². The number of nitrogens with one attached hydrogen (secondary N) is 1. The highest BCUT2D eigenvalue weighted by molar-refractivity contribution is 7.14. The number of hydrogen-bond donors (Lipinski definition) is 1. The number of carbonyl (C=O) groups is 1. The first-order valence-electron chi connectivity index (χ1n) is 7.75. The molecule has 0 aliphatic rings. The van der Waals surface area contributed by atoms with Gasteiger partial charge in [0.1, 0.15) is 10.7 Å². The van der Waals surface area contributed by atoms with E-state index in [0.717, 1.165) is 27.4 Å². The topological polar surface area (TPSA) is 42.0 Å². The normalized spacial score (nSPS) is 10.6. The van der Waals surface area contributed by atoms with Crippen LogP contribution in [0, 0.1) is 0 Å². The van der Waals surface area contributed by atoms with Crippen molar-refractivity contribution >= 4 is 34.3 Å². The average Bonchev–Trinajstić information content (AvgIpc) is 3.34. The molecule has 0 saturated heterocycles. The maximum Gasteiger partial charge on any atom is 0.275 e. The summed E-state index contributed by atoms with van der Waals surface area (Å²) in [5, 5.41) is 9.69. The number of rotatable bonds is 4. The summed E-state index contributed by atoms with van der Waals surface area (Å²) in [7, 11) is 0. The molecule has 0 radical (unpaired) electrons. The van der Waals surface area contributed by atoms with E-state index >= 15 is 0 Å². The maximum absolute atomic E-state index is 12.6. The van der Waals surface area contributed by atoms with Gasteiger partial charge in [-0.25, -0.2) is 4.98 Å². The number of carbonyl (C=O) groups excluding carboxylic acids is 1. The Morgan fingerprint density at radius 2 is 1.68 bits per heavy atom. The number of thiophene rings is 1. The second-order valence-corrected chi connectivity index (χ2v) is 7.05. The molecule has 25 heavy (non-hydrogen) atoms. The fourth-order valence-electron chi connectivity index (χ4n) is 2.54. The summed E-state index contributed by atoms with van der Waals surface area (Å²) in [5.74, 6) is -0.193. The van der Waals surface area contributed by atoms with Crippen molar-refractivity contribution in [2.24, 2.45) is 0 Å². The smallest absolute Gasteiger partial charge is 0.275 e. The molecule has 0 spiro atoms. The number of anilines is 1. The Bertz CT molecular complexity index is 991. The van der Waals surface area contributed by atoms with Gasteiger partial charge < -0.3 is 5.32 Å². The van der Waals surface area contributed by atoms with E-state index in [1.54, 1.807) is 16.7 Å². The van der Waals surface area contributed by atoms with Crippen molar-refractivity contribution < 1.29 is 4.79 Å². The summed E-state index contributed by atoms with van der Waals surface area (Å²) >= 11 is 3.10. The zero-order chi connectivity index (χ0) is 17.1. The molecule has 3 nitrogen and oxygen atoms in total. The van der Waals surface area contributed by atoms with Crippen LogP contribution in [0.1, 0.15) is 10.5 Å². The first-order chi connectivity index (χ1) is 12.3. The van der Waals surface area contributed by atoms with Crippen molar-refractivity contribution in [1.82, 2.24) is 4.98 Å². The van der Waals surface area contributed by atoms with Gasteiger partial charge in [-0.05, 0) is 23.1 Å². The molecule has 5 heteroatoms. The predicted octanol–water partition coefficient (Wildman–Crippen LogP) is 5.79. The first kappa shape index (κ1) is 15.7. The van der Waals surface area contributed by atoms with Gasteiger partial charge in [0.2, 0.25) is 0 Å². The zero-order valence-corrected chi connectivity index (χ0v) is 14.8. The van der Waals surface area contributed by atoms with Crippen LogP contribution >= 0.6 is 22.7 Å². The summed E-state index contributed by atoms with van der Waals surface area (Å²) in [4.78, 5) is 17.1. The van der Waals surface area contributed by atoms with Crippen molar-refractivity contribution in [3.8, 4) is 21.7 Å². The number of benzene rings is 2. The molecule has 0 aliphatic carbocycles. The van der Waals surface area contributed by atoms with Gasteiger partial charge in [0.25, 0.3) is 5.91 Å². The van der Waals surface area contributed by atoms with Gasteiger partial charge in [-0.3, -0.25) is 4.79 Å². The molecule has 4 rings (SSSR count). The maximum atomic E-state index is 12.6. The van der Waals surface area contributed by atoms with E-state index in [9.17, 15) is 4.79 Å². The van der Waals surface area contributed by atoms with Gasteiger partial charge in [0, 0.05) is 27.6 Å². The third-order valence-electron chi connectivity index (χ3n) is 3.77. The van der Waals surface area contributed by atoms with Gasteiger partial charge in [-0.2, -0.15) is 11.3 Å². The van der Waals surface area contributed by atoms with E-state index in [-0.39, 0.29) is 5.91 Å². The first-order valence-corrected chi connectivity index (χ1v) is 9.57. The molecular weight excluding hydrogens is 348 g/mol. The van der Waals surface area contributed by atoms with E-state index in [1.165, 1.54) is 11.3 Å². The third-order valence-corrected chi connectivity index (χ3v) is 5.34. The number of amides is 1. The molecular formula is C20H14N2OS2. The lowest BCUT2D eigenvalue weighted by Gasteiger charge is -2.10. The van der Waals surface area contributed by atoms with Crippen LogP contribution in [0.15, 0.2) is 76.8 Å². The van der Waals surface area contributed by atoms with E-state index in [0.29, 0.717) is 5.69 Å². The Kier molecular flexibility index (Phi) is 4.41. The quantitative estimate of drug-likeness (QED) is 0.499. The second-order valence-electron chi connectivity index (χ2n) is 5.42. The van der Waals surface area contributed by atoms with Crippen molar-refractivity contribution in [3.05, 3.63) is 82.5 Å². The number of hydrogen-bond acceptors (Lipinski definition) is 4. The number of aromatic nitrogens is 1. The van der Waals surface area contributed by atoms with Crippen LogP contribution in [0.3, 0.4) is 0 Å². The van der Waals surface area contributed by atoms with Crippen molar-refractivity contribution in [3.63, 3.8) is 0 Å². The second kappa shape index (κ2) is 7.01. The molecule has 2 aromatic heterocycles. The monoisotopic (exact) mass is 362 g/mol. The Morgan fingerprint density at radius 1 is 0.880 bits per heavy atom. The molecule has 0 bridgehead atoms. The highest BCUT2D eigenvalue weighted by Gasteiger charge is 2.14. The lowest BCUT2D eigenvalue weighted by atomic mass is 10.0. The number of para-hydroxylation sites is 1. The Balaban J connectivity index is 1.60. The summed E-state index contributed by atoms with van der Waals surface area (Å²) in [5.41, 5.74) is 4.33. The lowest BCUT2D eigenvalue weighted by molar-refractivity contribution is 0.102. The van der Waals surface area contributed by atoms with E-state index in [1.807, 2.05) is 71.4 Å². The minimum Gasteiger partial charge on any atom is -0.320 e. The minimum absolute atomic E-state index is 0.193. The largest absolute Gasteiger partial charge is 0.320 e. The summed E-state index contributed by atoms with van der Waals surface area (Å²) in [6.45, 7) is 0. The van der Waals surface area contributed by atoms with Crippen molar-refractivity contribution in [1.29, 1.82) is 0 Å². The zero-order valence-electron chi connectivity index (χ0n) is 13.2. The predicted molar refractivity (Wildman–Crippen MR) is 105 cm³/mol. The van der Waals surface area contributed by atoms with Crippen molar-refractivity contribution in [2.75, 3.05) is 5.32 Å². The number of nitrogens with zero attached hydrogens (tertiary/aromatic N) is 1. The molecule has 0 atom stereocenters. The van der Waals surface area contributed by atoms with Crippen LogP contribution < -0.4 is 5.32 Å². The highest BCUT2D eigenvalue weighted by atomic mass is 32.1. The van der Waals surface area contributed by atoms with E-state index < -0.39 is 0 Å². The molecule has 2 aromatic carbocycles. The van der Waals surface area contributed by atoms with Gasteiger partial charge in [0.05, 0.1) is 0 Å². The Morgan fingerprint density at radius 3 is 2.48 bits per heavy atom. The van der Waals surface area contributed by atoms with Gasteiger partial charge in [-0.15, -0.1) is 11.3 Å². The van der Waals surface area contributed by atoms with Crippen LogP contribution in [0.5, 0.6) is 0 Å². The molecule has 0 unspecified atom stereocenters. The van der Waals surface area contributed by atoms with Crippen LogP contribution in [0.25, 0.3) is 21.7 Å². The number of thiazole rings is 1. The van der Waals surface area contributed by atoms with Gasteiger partial charge >= 0.3 is 0 Å². The summed E-state index contributed by atoms with van der Waals surface area (Å²) < 4.78 is 0. The standard InChI is InChI=1S/C20H14N2OS2/c23-19(18-13-25-20(22-18)15-10-11-24-12-15)21-17-9-5-4-8-16(17)14-6-2-1-3-7-14/h1-13H,(H,21,23). The molecule has 2 heterocycles.